The number of nitrogens with zero attached hydrogens (tertiary/aromatic N) is 2. The predicted octanol–water partition coefficient (Wildman–Crippen LogP) is 0.498. The van der Waals surface area contributed by atoms with Crippen LogP contribution in [0.2, 0.25) is 0 Å². The molecule has 0 aromatic heterocycles. The second kappa shape index (κ2) is 4.74. The zero-order valence-corrected chi connectivity index (χ0v) is 8.25. The number of benzene rings is 1. The molecule has 0 atom stereocenters. The molecule has 0 aliphatic heterocycles. The van der Waals surface area contributed by atoms with Crippen molar-refractivity contribution in [3.63, 3.8) is 0 Å². The molecule has 10 nitrogen and oxygen atoms in total. The third kappa shape index (κ3) is 3.30. The summed E-state index contributed by atoms with van der Waals surface area (Å²) in [7, 11) is 0. The van der Waals surface area contributed by atoms with Crippen molar-refractivity contribution in [1.82, 2.24) is 5.43 Å². The Morgan fingerprint density at radius 3 is 1.94 bits per heavy atom. The lowest BCUT2D eigenvalue weighted by molar-refractivity contribution is -0.394. The Morgan fingerprint density at radius 2 is 1.59 bits per heavy atom. The quantitative estimate of drug-likeness (QED) is 0.515. The van der Waals surface area contributed by atoms with E-state index in [1.165, 1.54) is 0 Å². The summed E-state index contributed by atoms with van der Waals surface area (Å²) < 4.78 is 0. The summed E-state index contributed by atoms with van der Waals surface area (Å²) in [6.07, 6.45) is 0. The van der Waals surface area contributed by atoms with Gasteiger partial charge in [-0.2, -0.15) is 0 Å². The number of amides is 2. The number of non-ortho nitro benzene ring substituents is 2. The van der Waals surface area contributed by atoms with Crippen LogP contribution in [-0.4, -0.2) is 15.9 Å². The van der Waals surface area contributed by atoms with Crippen molar-refractivity contribution < 1.29 is 14.6 Å². The molecule has 0 saturated heterocycles. The van der Waals surface area contributed by atoms with Crippen LogP contribution in [0.15, 0.2) is 18.2 Å². The summed E-state index contributed by atoms with van der Waals surface area (Å²) >= 11 is 0. The molecule has 0 radical (unpaired) electrons. The summed E-state index contributed by atoms with van der Waals surface area (Å²) in [6, 6.07) is 1.90. The van der Waals surface area contributed by atoms with Gasteiger partial charge in [-0.3, -0.25) is 31.1 Å². The lowest BCUT2D eigenvalue weighted by Gasteiger charge is -2.05. The van der Waals surface area contributed by atoms with Crippen LogP contribution in [0.3, 0.4) is 0 Å². The highest BCUT2D eigenvalue weighted by Crippen LogP contribution is 2.25. The Morgan fingerprint density at radius 1 is 1.12 bits per heavy atom. The summed E-state index contributed by atoms with van der Waals surface area (Å²) in [5.41, 5.74) is 7.91. The third-order valence-corrected chi connectivity index (χ3v) is 1.65. The molecule has 1 rings (SSSR count). The normalized spacial score (nSPS) is 9.41. The Bertz CT molecular complexity index is 455. The Hall–Kier alpha value is -2.91. The van der Waals surface area contributed by atoms with Gasteiger partial charge in [-0.05, 0) is 0 Å². The first-order valence-corrected chi connectivity index (χ1v) is 4.15. The van der Waals surface area contributed by atoms with Gasteiger partial charge in [0.2, 0.25) is 0 Å². The number of carbonyl (C=O) groups is 1. The van der Waals surface area contributed by atoms with E-state index in [9.17, 15) is 25.0 Å². The smallest absolute Gasteiger partial charge is 0.330 e. The summed E-state index contributed by atoms with van der Waals surface area (Å²) in [5.74, 6) is 0. The molecule has 0 bridgehead atoms. The number of anilines is 1. The van der Waals surface area contributed by atoms with Crippen LogP contribution in [0.25, 0.3) is 0 Å². The van der Waals surface area contributed by atoms with E-state index in [0.29, 0.717) is 0 Å². The molecule has 0 saturated carbocycles. The van der Waals surface area contributed by atoms with E-state index in [2.05, 4.69) is 5.43 Å². The summed E-state index contributed by atoms with van der Waals surface area (Å²) in [5, 5.41) is 21.0. The number of hydrogen-bond donors (Lipinski definition) is 3. The molecule has 10 heteroatoms. The van der Waals surface area contributed by atoms with E-state index in [0.717, 1.165) is 18.2 Å². The summed E-state index contributed by atoms with van der Waals surface area (Å²) in [6.45, 7) is 0. The number of hydrogen-bond acceptors (Lipinski definition) is 6. The SMILES string of the molecule is NC(=O)NNc1cc([N+](=O)[O-])cc([N+](=O)[O-])c1. The molecule has 0 heterocycles. The Labute approximate surface area is 93.7 Å². The maximum Gasteiger partial charge on any atom is 0.330 e. The van der Waals surface area contributed by atoms with E-state index in [1.807, 2.05) is 5.43 Å². The zero-order valence-electron chi connectivity index (χ0n) is 8.25. The number of nitro benzene ring substituents is 2. The Balaban J connectivity index is 3.08. The highest BCUT2D eigenvalue weighted by atomic mass is 16.6. The molecule has 17 heavy (non-hydrogen) atoms. The maximum absolute atomic E-state index is 10.5. The molecule has 0 aliphatic rings. The minimum atomic E-state index is -0.931. The fourth-order valence-corrected chi connectivity index (χ4v) is 1.01. The average molecular weight is 241 g/mol. The lowest BCUT2D eigenvalue weighted by atomic mass is 10.2. The molecule has 0 fully saturated rings. The van der Waals surface area contributed by atoms with Gasteiger partial charge >= 0.3 is 6.03 Å². The molecule has 0 unspecified atom stereocenters. The number of carbonyl (C=O) groups excluding carboxylic acids is 1. The summed E-state index contributed by atoms with van der Waals surface area (Å²) in [4.78, 5) is 29.8. The zero-order chi connectivity index (χ0) is 13.0. The molecule has 4 N–H and O–H groups in total. The number of hydrazine groups is 1. The maximum atomic E-state index is 10.5. The van der Waals surface area contributed by atoms with Crippen molar-refractivity contribution in [3.8, 4) is 0 Å². The van der Waals surface area contributed by atoms with Crippen LogP contribution >= 0.6 is 0 Å². The highest BCUT2D eigenvalue weighted by molar-refractivity contribution is 5.74. The predicted molar refractivity (Wildman–Crippen MR) is 56.1 cm³/mol. The second-order valence-electron chi connectivity index (χ2n) is 2.87. The number of nitro groups is 2. The van der Waals surface area contributed by atoms with Gasteiger partial charge in [0, 0.05) is 12.1 Å². The number of primary amides is 1. The van der Waals surface area contributed by atoms with Gasteiger partial charge in [-0.25, -0.2) is 4.79 Å². The van der Waals surface area contributed by atoms with Gasteiger partial charge in [0.15, 0.2) is 0 Å². The average Bonchev–Trinajstić information content (AvgIpc) is 2.25. The van der Waals surface area contributed by atoms with Gasteiger partial charge in [-0.1, -0.05) is 0 Å². The van der Waals surface area contributed by atoms with Crippen molar-refractivity contribution in [2.75, 3.05) is 5.43 Å². The molecule has 0 aliphatic carbocycles. The molecule has 90 valence electrons. The van der Waals surface area contributed by atoms with Crippen molar-refractivity contribution in [2.24, 2.45) is 5.73 Å². The Kier molecular flexibility index (Phi) is 3.39. The molecular weight excluding hydrogens is 234 g/mol. The number of urea groups is 1. The molecule has 1 aromatic carbocycles. The van der Waals surface area contributed by atoms with E-state index < -0.39 is 27.3 Å². The van der Waals surface area contributed by atoms with Crippen molar-refractivity contribution in [3.05, 3.63) is 38.4 Å². The van der Waals surface area contributed by atoms with Crippen LogP contribution in [0, 0.1) is 20.2 Å². The highest BCUT2D eigenvalue weighted by Gasteiger charge is 2.16. The van der Waals surface area contributed by atoms with Crippen LogP contribution in [0.5, 0.6) is 0 Å². The topological polar surface area (TPSA) is 153 Å². The standard InChI is InChI=1S/C7H7N5O5/c8-7(13)10-9-4-1-5(11(14)15)3-6(2-4)12(16)17/h1-3,9H,(H3,8,10,13). The third-order valence-electron chi connectivity index (χ3n) is 1.65. The van der Waals surface area contributed by atoms with Gasteiger partial charge in [0.1, 0.15) is 0 Å². The molecule has 1 aromatic rings. The van der Waals surface area contributed by atoms with E-state index in [-0.39, 0.29) is 5.69 Å². The van der Waals surface area contributed by atoms with E-state index in [4.69, 9.17) is 5.73 Å². The minimum absolute atomic E-state index is 0.0234. The molecule has 2 amide bonds. The van der Waals surface area contributed by atoms with E-state index >= 15 is 0 Å². The second-order valence-corrected chi connectivity index (χ2v) is 2.87. The van der Waals surface area contributed by atoms with Crippen LogP contribution < -0.4 is 16.6 Å². The van der Waals surface area contributed by atoms with Crippen molar-refractivity contribution in [2.45, 2.75) is 0 Å². The fraction of sp³-hybridized carbons (Fsp3) is 0. The van der Waals surface area contributed by atoms with Gasteiger partial charge in [0.25, 0.3) is 11.4 Å². The van der Waals surface area contributed by atoms with E-state index in [1.54, 1.807) is 0 Å². The van der Waals surface area contributed by atoms with Crippen LogP contribution in [-0.2, 0) is 0 Å². The first-order chi connectivity index (χ1) is 7.90. The minimum Gasteiger partial charge on any atom is -0.350 e. The number of nitrogens with two attached hydrogens (primary N) is 1. The van der Waals surface area contributed by atoms with Crippen molar-refractivity contribution in [1.29, 1.82) is 0 Å². The largest absolute Gasteiger partial charge is 0.350 e. The van der Waals surface area contributed by atoms with Gasteiger partial charge in [-0.15, -0.1) is 0 Å². The fourth-order valence-electron chi connectivity index (χ4n) is 1.01. The number of nitrogens with one attached hydrogen (secondary N) is 2. The number of rotatable bonds is 4. The first-order valence-electron chi connectivity index (χ1n) is 4.15. The van der Waals surface area contributed by atoms with Gasteiger partial charge < -0.3 is 5.73 Å². The molecule has 0 spiro atoms. The lowest BCUT2D eigenvalue weighted by Crippen LogP contribution is -2.34. The monoisotopic (exact) mass is 241 g/mol. The van der Waals surface area contributed by atoms with Gasteiger partial charge in [0.05, 0.1) is 21.6 Å². The van der Waals surface area contributed by atoms with Crippen molar-refractivity contribution >= 4 is 23.1 Å². The van der Waals surface area contributed by atoms with Crippen LogP contribution in [0.1, 0.15) is 0 Å². The first kappa shape index (κ1) is 12.2. The molecular formula is C7H7N5O5. The van der Waals surface area contributed by atoms with Crippen LogP contribution in [0.4, 0.5) is 21.9 Å².